The lowest BCUT2D eigenvalue weighted by molar-refractivity contribution is -0.142. The van der Waals surface area contributed by atoms with Crippen LogP contribution in [0.4, 0.5) is 0 Å². The Morgan fingerprint density at radius 3 is 2.35 bits per heavy atom. The Morgan fingerprint density at radius 2 is 1.85 bits per heavy atom. The molecule has 0 saturated heterocycles. The molecule has 0 fully saturated rings. The van der Waals surface area contributed by atoms with Gasteiger partial charge in [0.25, 0.3) is 0 Å². The number of ether oxygens (including phenoxy) is 1. The molecule has 0 amide bonds. The fourth-order valence-corrected chi connectivity index (χ4v) is 6.75. The maximum absolute atomic E-state index is 13.6. The Kier molecular flexibility index (Phi) is 7.05. The van der Waals surface area contributed by atoms with E-state index in [2.05, 4.69) is 0 Å². The molecule has 0 N–H and O–H groups in total. The lowest BCUT2D eigenvalue weighted by Crippen LogP contribution is -2.31. The molecule has 6 nitrogen and oxygen atoms in total. The third-order valence-electron chi connectivity index (χ3n) is 4.03. The minimum atomic E-state index is -3.62. The average Bonchev–Trinajstić information content (AvgIpc) is 2.98. The van der Waals surface area contributed by atoms with Crippen LogP contribution >= 0.6 is 19.4 Å². The molecule has 8 heteroatoms. The fraction of sp³-hybridized carbons (Fsp3) is 0.722. The Labute approximate surface area is 159 Å². The normalized spacial score (nSPS) is 20.7. The van der Waals surface area contributed by atoms with Crippen LogP contribution in [-0.4, -0.2) is 31.0 Å². The van der Waals surface area contributed by atoms with Crippen LogP contribution in [0.3, 0.4) is 0 Å². The monoisotopic (exact) mass is 404 g/mol. The van der Waals surface area contributed by atoms with Crippen LogP contribution in [0, 0.1) is 0 Å². The summed E-state index contributed by atoms with van der Waals surface area (Å²) in [6, 6.07) is 1.99. The summed E-state index contributed by atoms with van der Waals surface area (Å²) in [4.78, 5) is 12.6. The zero-order valence-electron chi connectivity index (χ0n) is 16.4. The predicted molar refractivity (Wildman–Crippen MR) is 103 cm³/mol. The molecule has 1 aliphatic rings. The molecule has 2 atom stereocenters. The number of fused-ring (bicyclic) bond motifs is 1. The minimum absolute atomic E-state index is 0.201. The van der Waals surface area contributed by atoms with E-state index in [4.69, 9.17) is 18.2 Å². The Balaban J connectivity index is 2.57. The highest BCUT2D eigenvalue weighted by atomic mass is 32.2. The van der Waals surface area contributed by atoms with Crippen LogP contribution in [0.2, 0.25) is 0 Å². The van der Waals surface area contributed by atoms with Gasteiger partial charge in [-0.15, -0.1) is 11.8 Å². The van der Waals surface area contributed by atoms with Gasteiger partial charge in [0, 0.05) is 16.7 Å². The van der Waals surface area contributed by atoms with Gasteiger partial charge in [0.1, 0.15) is 22.4 Å². The van der Waals surface area contributed by atoms with Gasteiger partial charge in [-0.05, 0) is 26.8 Å². The predicted octanol–water partition coefficient (Wildman–Crippen LogP) is 5.06. The van der Waals surface area contributed by atoms with Gasteiger partial charge in [0.15, 0.2) is 0 Å². The molecule has 0 saturated carbocycles. The van der Waals surface area contributed by atoms with Crippen molar-refractivity contribution >= 4 is 25.3 Å². The molecule has 26 heavy (non-hydrogen) atoms. The van der Waals surface area contributed by atoms with Gasteiger partial charge in [-0.1, -0.05) is 20.8 Å². The molecule has 0 spiro atoms. The third kappa shape index (κ3) is 4.38. The van der Waals surface area contributed by atoms with Crippen molar-refractivity contribution in [1.29, 1.82) is 0 Å². The van der Waals surface area contributed by atoms with Crippen LogP contribution in [0.15, 0.2) is 10.5 Å². The van der Waals surface area contributed by atoms with E-state index in [0.29, 0.717) is 11.5 Å². The summed E-state index contributed by atoms with van der Waals surface area (Å²) in [5.41, 5.74) is -0.0795. The van der Waals surface area contributed by atoms with Crippen LogP contribution < -0.4 is 0 Å². The average molecular weight is 404 g/mol. The van der Waals surface area contributed by atoms with Crippen molar-refractivity contribution in [2.45, 2.75) is 63.6 Å². The van der Waals surface area contributed by atoms with Crippen molar-refractivity contribution in [3.63, 3.8) is 0 Å². The van der Waals surface area contributed by atoms with Crippen LogP contribution in [-0.2, 0) is 34.3 Å². The van der Waals surface area contributed by atoms with Gasteiger partial charge < -0.3 is 18.2 Å². The first kappa shape index (κ1) is 21.5. The molecule has 1 aromatic heterocycles. The summed E-state index contributed by atoms with van der Waals surface area (Å²) < 4.78 is 36.1. The summed E-state index contributed by atoms with van der Waals surface area (Å²) in [6.07, 6.45) is 0. The zero-order chi connectivity index (χ0) is 19.5. The van der Waals surface area contributed by atoms with E-state index >= 15 is 0 Å². The Morgan fingerprint density at radius 1 is 1.23 bits per heavy atom. The zero-order valence-corrected chi connectivity index (χ0v) is 18.1. The van der Waals surface area contributed by atoms with Crippen molar-refractivity contribution in [1.82, 2.24) is 0 Å². The molecule has 1 aromatic rings. The Hall–Kier alpha value is -0.750. The summed E-state index contributed by atoms with van der Waals surface area (Å²) in [5, 5.41) is -0.689. The van der Waals surface area contributed by atoms with E-state index in [0.717, 1.165) is 11.3 Å². The van der Waals surface area contributed by atoms with Crippen molar-refractivity contribution < 1.29 is 27.6 Å². The molecule has 2 unspecified atom stereocenters. The van der Waals surface area contributed by atoms with E-state index in [9.17, 15) is 9.36 Å². The van der Waals surface area contributed by atoms with E-state index in [-0.39, 0.29) is 25.2 Å². The van der Waals surface area contributed by atoms with Crippen LogP contribution in [0.25, 0.3) is 0 Å². The highest BCUT2D eigenvalue weighted by Crippen LogP contribution is 2.66. The van der Waals surface area contributed by atoms with E-state index < -0.39 is 24.5 Å². The lowest BCUT2D eigenvalue weighted by atomic mass is 9.93. The number of furan rings is 1. The molecule has 0 aliphatic carbocycles. The highest BCUT2D eigenvalue weighted by molar-refractivity contribution is 8.00. The second-order valence-corrected chi connectivity index (χ2v) is 10.3. The summed E-state index contributed by atoms with van der Waals surface area (Å²) in [6.45, 7) is 12.1. The number of hydrogen-bond acceptors (Lipinski definition) is 7. The molecule has 2 heterocycles. The molecule has 148 valence electrons. The second-order valence-electron chi connectivity index (χ2n) is 7.05. The number of carbonyl (C=O) groups excluding carboxylic acids is 1. The molecule has 1 aliphatic heterocycles. The lowest BCUT2D eigenvalue weighted by Gasteiger charge is -2.33. The molecular formula is C18H29O6PS. The SMILES string of the molecule is CCOC(=O)C1SCc2cc(C(C)(C)C)oc2C1P(=O)(OCC)OCC. The third-order valence-corrected chi connectivity index (χ3v) is 7.99. The molecule has 0 radical (unpaired) electrons. The van der Waals surface area contributed by atoms with Crippen molar-refractivity contribution in [3.05, 3.63) is 23.2 Å². The minimum Gasteiger partial charge on any atom is -0.465 e. The van der Waals surface area contributed by atoms with Gasteiger partial charge in [0.2, 0.25) is 0 Å². The molecule has 0 bridgehead atoms. The first-order valence-electron chi connectivity index (χ1n) is 8.98. The molecule has 2 rings (SSSR count). The summed E-state index contributed by atoms with van der Waals surface area (Å²) in [7, 11) is -3.62. The van der Waals surface area contributed by atoms with E-state index in [1.54, 1.807) is 20.8 Å². The van der Waals surface area contributed by atoms with E-state index in [1.807, 2.05) is 26.8 Å². The van der Waals surface area contributed by atoms with Crippen molar-refractivity contribution in [2.75, 3.05) is 19.8 Å². The van der Waals surface area contributed by atoms with Crippen LogP contribution in [0.1, 0.15) is 64.3 Å². The quantitative estimate of drug-likeness (QED) is 0.464. The van der Waals surface area contributed by atoms with Gasteiger partial charge in [-0.25, -0.2) is 0 Å². The number of esters is 1. The number of rotatable bonds is 7. The standard InChI is InChI=1S/C18H29O6PS/c1-7-21-17(19)16-15(25(20,22-8-2)23-9-3)14-12(11-26-16)10-13(24-14)18(4,5)6/h10,15-16H,7-9,11H2,1-6H3. The Bertz CT molecular complexity index is 668. The summed E-state index contributed by atoms with van der Waals surface area (Å²) >= 11 is 1.40. The first-order chi connectivity index (χ1) is 12.2. The van der Waals surface area contributed by atoms with Gasteiger partial charge in [0.05, 0.1) is 19.8 Å². The number of thioether (sulfide) groups is 1. The van der Waals surface area contributed by atoms with E-state index in [1.165, 1.54) is 11.8 Å². The van der Waals surface area contributed by atoms with Gasteiger partial charge in [-0.2, -0.15) is 0 Å². The van der Waals surface area contributed by atoms with Gasteiger partial charge >= 0.3 is 13.6 Å². The molecular weight excluding hydrogens is 375 g/mol. The highest BCUT2D eigenvalue weighted by Gasteiger charge is 2.52. The largest absolute Gasteiger partial charge is 0.465 e. The smallest absolute Gasteiger partial charge is 0.343 e. The summed E-state index contributed by atoms with van der Waals surface area (Å²) in [5.74, 6) is 1.49. The van der Waals surface area contributed by atoms with Gasteiger partial charge in [-0.3, -0.25) is 9.36 Å². The fourth-order valence-electron chi connectivity index (χ4n) is 2.87. The maximum Gasteiger partial charge on any atom is 0.343 e. The number of hydrogen-bond donors (Lipinski definition) is 0. The first-order valence-corrected chi connectivity index (χ1v) is 11.6. The second kappa shape index (κ2) is 8.51. The molecule has 0 aromatic carbocycles. The number of carbonyl (C=O) groups is 1. The topological polar surface area (TPSA) is 75.0 Å². The van der Waals surface area contributed by atoms with Crippen LogP contribution in [0.5, 0.6) is 0 Å². The maximum atomic E-state index is 13.6. The van der Waals surface area contributed by atoms with Crippen molar-refractivity contribution in [2.24, 2.45) is 0 Å². The van der Waals surface area contributed by atoms with Crippen molar-refractivity contribution in [3.8, 4) is 0 Å².